The highest BCUT2D eigenvalue weighted by atomic mass is 35.5. The summed E-state index contributed by atoms with van der Waals surface area (Å²) in [5, 5.41) is 11.1. The van der Waals surface area contributed by atoms with Gasteiger partial charge in [0.05, 0.1) is 9.82 Å². The molecule has 5 heteroatoms. The predicted octanol–water partition coefficient (Wildman–Crippen LogP) is 4.39. The van der Waals surface area contributed by atoms with E-state index in [0.29, 0.717) is 10.8 Å². The third-order valence-electron chi connectivity index (χ3n) is 2.09. The van der Waals surface area contributed by atoms with Crippen LogP contribution < -0.4 is 0 Å². The molecule has 0 fully saturated rings. The Kier molecular flexibility index (Phi) is 5.09. The summed E-state index contributed by atoms with van der Waals surface area (Å²) in [6.07, 6.45) is 1.04. The molecule has 0 amide bonds. The second-order valence-electron chi connectivity index (χ2n) is 3.87. The molecule has 0 bridgehead atoms. The molecule has 1 rings (SSSR count). The molecular weight excluding hydrogens is 246 g/mol. The highest BCUT2D eigenvalue weighted by molar-refractivity contribution is 7.99. The quantitative estimate of drug-likeness (QED) is 0.448. The molecule has 0 aliphatic rings. The minimum atomic E-state index is -0.417. The summed E-state index contributed by atoms with van der Waals surface area (Å²) < 4.78 is 0. The minimum absolute atomic E-state index is 0.0259. The van der Waals surface area contributed by atoms with Crippen LogP contribution in [0.3, 0.4) is 0 Å². The zero-order valence-electron chi connectivity index (χ0n) is 9.27. The molecule has 0 spiro atoms. The molecule has 0 unspecified atom stereocenters. The molecule has 3 nitrogen and oxygen atoms in total. The zero-order chi connectivity index (χ0) is 12.1. The van der Waals surface area contributed by atoms with Gasteiger partial charge in [0.1, 0.15) is 5.02 Å². The molecule has 0 heterocycles. The van der Waals surface area contributed by atoms with E-state index in [-0.39, 0.29) is 10.7 Å². The van der Waals surface area contributed by atoms with E-state index in [1.54, 1.807) is 18.2 Å². The van der Waals surface area contributed by atoms with Crippen molar-refractivity contribution in [2.75, 3.05) is 5.75 Å². The molecule has 16 heavy (non-hydrogen) atoms. The second-order valence-corrected chi connectivity index (χ2v) is 5.42. The summed E-state index contributed by atoms with van der Waals surface area (Å²) in [5.74, 6) is 1.48. The molecule has 0 radical (unpaired) electrons. The Hall–Kier alpha value is -0.740. The number of halogens is 1. The van der Waals surface area contributed by atoms with Gasteiger partial charge in [-0.05, 0) is 30.2 Å². The number of nitrogens with zero attached hydrogens (tertiary/aromatic N) is 1. The van der Waals surface area contributed by atoms with Crippen LogP contribution in [0.15, 0.2) is 23.1 Å². The zero-order valence-corrected chi connectivity index (χ0v) is 10.8. The molecule has 0 aliphatic heterocycles. The summed E-state index contributed by atoms with van der Waals surface area (Å²) in [7, 11) is 0. The van der Waals surface area contributed by atoms with Gasteiger partial charge < -0.3 is 0 Å². The van der Waals surface area contributed by atoms with Crippen LogP contribution in [0, 0.1) is 16.0 Å². The van der Waals surface area contributed by atoms with Crippen molar-refractivity contribution in [3.63, 3.8) is 0 Å². The summed E-state index contributed by atoms with van der Waals surface area (Å²) in [6.45, 7) is 4.26. The fourth-order valence-corrected chi connectivity index (χ4v) is 2.80. The molecule has 0 saturated heterocycles. The van der Waals surface area contributed by atoms with Gasteiger partial charge in [-0.15, -0.1) is 11.8 Å². The van der Waals surface area contributed by atoms with Crippen LogP contribution in [-0.2, 0) is 0 Å². The lowest BCUT2D eigenvalue weighted by atomic mass is 10.2. The Morgan fingerprint density at radius 3 is 2.75 bits per heavy atom. The van der Waals surface area contributed by atoms with Crippen molar-refractivity contribution in [2.24, 2.45) is 5.92 Å². The lowest BCUT2D eigenvalue weighted by molar-refractivity contribution is -0.387. The maximum absolute atomic E-state index is 10.8. The van der Waals surface area contributed by atoms with E-state index in [2.05, 4.69) is 13.8 Å². The Morgan fingerprint density at radius 2 is 2.19 bits per heavy atom. The molecule has 1 aromatic rings. The van der Waals surface area contributed by atoms with Crippen LogP contribution in [0.5, 0.6) is 0 Å². The average Bonchev–Trinajstić information content (AvgIpc) is 2.16. The van der Waals surface area contributed by atoms with Gasteiger partial charge in [-0.25, -0.2) is 0 Å². The first-order valence-electron chi connectivity index (χ1n) is 5.08. The largest absolute Gasteiger partial charge is 0.301 e. The van der Waals surface area contributed by atoms with Crippen LogP contribution in [0.1, 0.15) is 20.3 Å². The van der Waals surface area contributed by atoms with E-state index in [1.165, 1.54) is 11.8 Å². The Labute approximate surface area is 104 Å². The van der Waals surface area contributed by atoms with E-state index in [1.807, 2.05) is 0 Å². The van der Waals surface area contributed by atoms with Crippen molar-refractivity contribution in [3.05, 3.63) is 33.3 Å². The van der Waals surface area contributed by atoms with E-state index < -0.39 is 4.92 Å². The maximum Gasteiger partial charge on any atom is 0.301 e. The van der Waals surface area contributed by atoms with Crippen molar-refractivity contribution in [1.29, 1.82) is 0 Å². The third-order valence-corrected chi connectivity index (χ3v) is 3.47. The smallest absolute Gasteiger partial charge is 0.258 e. The third kappa shape index (κ3) is 3.68. The SMILES string of the molecule is CC(C)CCSc1cccc(Cl)c1[N+](=O)[O-]. The van der Waals surface area contributed by atoms with Crippen molar-refractivity contribution >= 4 is 29.1 Å². The number of rotatable bonds is 5. The summed E-state index contributed by atoms with van der Waals surface area (Å²) in [6, 6.07) is 5.04. The number of hydrogen-bond donors (Lipinski definition) is 0. The number of nitro groups is 1. The van der Waals surface area contributed by atoms with Crippen molar-refractivity contribution in [2.45, 2.75) is 25.2 Å². The summed E-state index contributed by atoms with van der Waals surface area (Å²) in [5.41, 5.74) is 0.0259. The second kappa shape index (κ2) is 6.11. The van der Waals surface area contributed by atoms with Crippen LogP contribution in [-0.4, -0.2) is 10.7 Å². The first-order valence-corrected chi connectivity index (χ1v) is 6.44. The average molecular weight is 260 g/mol. The number of hydrogen-bond acceptors (Lipinski definition) is 3. The first-order chi connectivity index (χ1) is 7.52. The fourth-order valence-electron chi connectivity index (χ4n) is 1.19. The van der Waals surface area contributed by atoms with Gasteiger partial charge in [0.2, 0.25) is 0 Å². The Morgan fingerprint density at radius 1 is 1.50 bits per heavy atom. The van der Waals surface area contributed by atoms with Gasteiger partial charge >= 0.3 is 5.69 Å². The van der Waals surface area contributed by atoms with Gasteiger partial charge in [-0.1, -0.05) is 31.5 Å². The van der Waals surface area contributed by atoms with Crippen LogP contribution >= 0.6 is 23.4 Å². The number of thioether (sulfide) groups is 1. The number of para-hydroxylation sites is 1. The molecule has 0 aliphatic carbocycles. The minimum Gasteiger partial charge on any atom is -0.258 e. The maximum atomic E-state index is 10.8. The van der Waals surface area contributed by atoms with Gasteiger partial charge in [-0.2, -0.15) is 0 Å². The molecule has 88 valence electrons. The molecule has 0 atom stereocenters. The molecule has 0 aromatic heterocycles. The first kappa shape index (κ1) is 13.3. The topological polar surface area (TPSA) is 43.1 Å². The van der Waals surface area contributed by atoms with E-state index >= 15 is 0 Å². The monoisotopic (exact) mass is 259 g/mol. The van der Waals surface area contributed by atoms with E-state index in [0.717, 1.165) is 12.2 Å². The number of nitro benzene ring substituents is 1. The molecule has 0 N–H and O–H groups in total. The highest BCUT2D eigenvalue weighted by Gasteiger charge is 2.18. The molecule has 0 saturated carbocycles. The molecular formula is C11H14ClNO2S. The van der Waals surface area contributed by atoms with Gasteiger partial charge in [0.15, 0.2) is 0 Å². The Balaban J connectivity index is 2.79. The fraction of sp³-hybridized carbons (Fsp3) is 0.455. The normalized spacial score (nSPS) is 10.8. The predicted molar refractivity (Wildman–Crippen MR) is 68.3 cm³/mol. The van der Waals surface area contributed by atoms with E-state index in [4.69, 9.17) is 11.6 Å². The van der Waals surface area contributed by atoms with Crippen molar-refractivity contribution in [3.8, 4) is 0 Å². The highest BCUT2D eigenvalue weighted by Crippen LogP contribution is 2.35. The lowest BCUT2D eigenvalue weighted by Gasteiger charge is -2.05. The van der Waals surface area contributed by atoms with Crippen LogP contribution in [0.4, 0.5) is 5.69 Å². The van der Waals surface area contributed by atoms with Crippen molar-refractivity contribution < 1.29 is 4.92 Å². The van der Waals surface area contributed by atoms with Gasteiger partial charge in [0.25, 0.3) is 0 Å². The summed E-state index contributed by atoms with van der Waals surface area (Å²) >= 11 is 7.30. The van der Waals surface area contributed by atoms with Gasteiger partial charge in [-0.3, -0.25) is 10.1 Å². The van der Waals surface area contributed by atoms with Gasteiger partial charge in [0, 0.05) is 0 Å². The van der Waals surface area contributed by atoms with Crippen LogP contribution in [0.2, 0.25) is 5.02 Å². The molecule has 1 aromatic carbocycles. The van der Waals surface area contributed by atoms with Crippen molar-refractivity contribution in [1.82, 2.24) is 0 Å². The standard InChI is InChI=1S/C11H14ClNO2S/c1-8(2)6-7-16-10-5-3-4-9(12)11(10)13(14)15/h3-5,8H,6-7H2,1-2H3. The van der Waals surface area contributed by atoms with Crippen LogP contribution in [0.25, 0.3) is 0 Å². The summed E-state index contributed by atoms with van der Waals surface area (Å²) in [4.78, 5) is 11.1. The number of benzene rings is 1. The lowest BCUT2D eigenvalue weighted by Crippen LogP contribution is -1.94. The Bertz CT molecular complexity index is 382. The van der Waals surface area contributed by atoms with E-state index in [9.17, 15) is 10.1 Å².